The summed E-state index contributed by atoms with van der Waals surface area (Å²) in [6.45, 7) is 4.73. The molecule has 0 fully saturated rings. The van der Waals surface area contributed by atoms with Crippen LogP contribution in [0.5, 0.6) is 5.75 Å². The fraction of sp³-hybridized carbons (Fsp3) is 0.308. The number of fused-ring (bicyclic) bond motifs is 3. The normalized spacial score (nSPS) is 11.4. The molecule has 8 nitrogen and oxygen atoms in total. The molecule has 0 radical (unpaired) electrons. The summed E-state index contributed by atoms with van der Waals surface area (Å²) in [4.78, 5) is 24.2. The molecule has 4 rings (SSSR count). The van der Waals surface area contributed by atoms with Crippen LogP contribution >= 0.6 is 0 Å². The van der Waals surface area contributed by atoms with E-state index < -0.39 is 12.2 Å². The highest BCUT2D eigenvalue weighted by atomic mass is 16.6. The van der Waals surface area contributed by atoms with Crippen molar-refractivity contribution in [3.63, 3.8) is 0 Å². The average molecular weight is 464 g/mol. The molecule has 1 aliphatic rings. The lowest BCUT2D eigenvalue weighted by atomic mass is 10.0. The Bertz CT molecular complexity index is 1180. The number of alkyl carbamates (subject to hydrolysis) is 2. The Hall–Kier alpha value is -3.94. The summed E-state index contributed by atoms with van der Waals surface area (Å²) in [5, 5.41) is 5.32. The first-order valence-electron chi connectivity index (χ1n) is 11.4. The monoisotopic (exact) mass is 463 g/mol. The summed E-state index contributed by atoms with van der Waals surface area (Å²) in [5.74, 6) is 0.747. The van der Waals surface area contributed by atoms with Gasteiger partial charge in [-0.2, -0.15) is 0 Å². The van der Waals surface area contributed by atoms with Crippen molar-refractivity contribution in [1.82, 2.24) is 15.2 Å². The fourth-order valence-electron chi connectivity index (χ4n) is 4.28. The highest BCUT2D eigenvalue weighted by Crippen LogP contribution is 2.42. The molecule has 0 aliphatic carbocycles. The van der Waals surface area contributed by atoms with Crippen LogP contribution in [-0.4, -0.2) is 37.0 Å². The summed E-state index contributed by atoms with van der Waals surface area (Å²) in [6, 6.07) is 15.9. The van der Waals surface area contributed by atoms with Crippen LogP contribution in [-0.2, 0) is 29.1 Å². The molecular formula is C26H29N3O5. The molecule has 178 valence electrons. The first-order chi connectivity index (χ1) is 16.6. The van der Waals surface area contributed by atoms with Crippen LogP contribution in [0, 0.1) is 0 Å². The number of aromatic nitrogens is 1. The van der Waals surface area contributed by atoms with Crippen molar-refractivity contribution in [2.24, 2.45) is 0 Å². The second-order valence-corrected chi connectivity index (χ2v) is 7.83. The summed E-state index contributed by atoms with van der Waals surface area (Å²) in [7, 11) is 1.63. The number of amides is 2. The van der Waals surface area contributed by atoms with E-state index in [1.54, 1.807) is 7.11 Å². The number of hydrogen-bond donors (Lipinski definition) is 2. The number of nitrogens with zero attached hydrogens (tertiary/aromatic N) is 1. The molecule has 0 bridgehead atoms. The highest BCUT2D eigenvalue weighted by molar-refractivity contribution is 5.75. The molecular weight excluding hydrogens is 434 g/mol. The first kappa shape index (κ1) is 23.2. The summed E-state index contributed by atoms with van der Waals surface area (Å²) >= 11 is 0. The number of ether oxygens (including phenoxy) is 3. The van der Waals surface area contributed by atoms with Gasteiger partial charge in [0, 0.05) is 42.0 Å². The zero-order valence-corrected chi connectivity index (χ0v) is 19.6. The fourth-order valence-corrected chi connectivity index (χ4v) is 4.28. The smallest absolute Gasteiger partial charge is 0.407 e. The van der Waals surface area contributed by atoms with E-state index in [-0.39, 0.29) is 13.2 Å². The Morgan fingerprint density at radius 3 is 2.12 bits per heavy atom. The van der Waals surface area contributed by atoms with Crippen LogP contribution in [0.2, 0.25) is 0 Å². The van der Waals surface area contributed by atoms with Gasteiger partial charge in [0.2, 0.25) is 0 Å². The van der Waals surface area contributed by atoms with Gasteiger partial charge in [-0.05, 0) is 55.3 Å². The quantitative estimate of drug-likeness (QED) is 0.400. The maximum Gasteiger partial charge on any atom is 0.407 e. The Kier molecular flexibility index (Phi) is 7.06. The van der Waals surface area contributed by atoms with Gasteiger partial charge >= 0.3 is 12.2 Å². The topological polar surface area (TPSA) is 90.8 Å². The lowest BCUT2D eigenvalue weighted by Crippen LogP contribution is -2.24. The van der Waals surface area contributed by atoms with E-state index in [1.807, 2.05) is 50.2 Å². The standard InChI is InChI=1S/C26H29N3O5/c1-4-27-25(30)33-15-20-21(16-34-26(31)28-5-2)24(17-10-12-19(32-3)13-11-17)29-22-9-7-6-8-18(22)14-23(20)29/h6-13H,4-5,14-16H2,1-3H3,(H,27,30)(H,28,31). The molecule has 1 aliphatic heterocycles. The maximum atomic E-state index is 12.1. The van der Waals surface area contributed by atoms with Gasteiger partial charge < -0.3 is 29.4 Å². The number of para-hydroxylation sites is 1. The molecule has 2 heterocycles. The van der Waals surface area contributed by atoms with Gasteiger partial charge in [-0.25, -0.2) is 9.59 Å². The molecule has 2 amide bonds. The van der Waals surface area contributed by atoms with Crippen molar-refractivity contribution in [3.8, 4) is 22.7 Å². The maximum absolute atomic E-state index is 12.1. The minimum atomic E-state index is -0.495. The molecule has 0 unspecified atom stereocenters. The summed E-state index contributed by atoms with van der Waals surface area (Å²) < 4.78 is 18.6. The Labute approximate surface area is 198 Å². The van der Waals surface area contributed by atoms with Gasteiger partial charge in [0.1, 0.15) is 19.0 Å². The molecule has 34 heavy (non-hydrogen) atoms. The molecule has 1 aromatic heterocycles. The van der Waals surface area contributed by atoms with Crippen LogP contribution in [0.25, 0.3) is 16.9 Å². The predicted molar refractivity (Wildman–Crippen MR) is 128 cm³/mol. The molecule has 0 saturated carbocycles. The molecule has 3 aromatic rings. The third kappa shape index (κ3) is 4.57. The van der Waals surface area contributed by atoms with Crippen molar-refractivity contribution in [3.05, 3.63) is 70.9 Å². The molecule has 0 atom stereocenters. The average Bonchev–Trinajstić information content (AvgIpc) is 3.36. The zero-order valence-electron chi connectivity index (χ0n) is 19.6. The van der Waals surface area contributed by atoms with Crippen molar-refractivity contribution in [1.29, 1.82) is 0 Å². The van der Waals surface area contributed by atoms with Gasteiger partial charge in [-0.1, -0.05) is 18.2 Å². The summed E-state index contributed by atoms with van der Waals surface area (Å²) in [5.41, 5.74) is 6.77. The second kappa shape index (κ2) is 10.3. The van der Waals surface area contributed by atoms with Crippen molar-refractivity contribution < 1.29 is 23.8 Å². The Balaban J connectivity index is 1.84. The molecule has 0 saturated heterocycles. The lowest BCUT2D eigenvalue weighted by molar-refractivity contribution is 0.132. The lowest BCUT2D eigenvalue weighted by Gasteiger charge is -2.14. The van der Waals surface area contributed by atoms with E-state index in [0.29, 0.717) is 19.5 Å². The number of carbonyl (C=O) groups excluding carboxylic acids is 2. The van der Waals surface area contributed by atoms with E-state index in [1.165, 1.54) is 5.56 Å². The number of nitrogens with one attached hydrogen (secondary N) is 2. The highest BCUT2D eigenvalue weighted by Gasteiger charge is 2.31. The Morgan fingerprint density at radius 1 is 0.882 bits per heavy atom. The largest absolute Gasteiger partial charge is 0.497 e. The van der Waals surface area contributed by atoms with Crippen molar-refractivity contribution in [2.45, 2.75) is 33.5 Å². The third-order valence-corrected chi connectivity index (χ3v) is 5.78. The predicted octanol–water partition coefficient (Wildman–Crippen LogP) is 4.55. The van der Waals surface area contributed by atoms with Crippen LogP contribution in [0.15, 0.2) is 48.5 Å². The van der Waals surface area contributed by atoms with E-state index in [2.05, 4.69) is 27.3 Å². The first-order valence-corrected chi connectivity index (χ1v) is 11.4. The van der Waals surface area contributed by atoms with Crippen molar-refractivity contribution >= 4 is 12.2 Å². The zero-order chi connectivity index (χ0) is 24.1. The van der Waals surface area contributed by atoms with Gasteiger partial charge in [-0.15, -0.1) is 0 Å². The van der Waals surface area contributed by atoms with Gasteiger partial charge in [0.05, 0.1) is 12.8 Å². The number of hydrogen-bond acceptors (Lipinski definition) is 5. The van der Waals surface area contributed by atoms with Gasteiger partial charge in [0.15, 0.2) is 0 Å². The Morgan fingerprint density at radius 2 is 1.50 bits per heavy atom. The van der Waals surface area contributed by atoms with E-state index in [9.17, 15) is 9.59 Å². The summed E-state index contributed by atoms with van der Waals surface area (Å²) in [6.07, 6.45) is -0.292. The number of rotatable bonds is 8. The SMILES string of the molecule is CCNC(=O)OCc1c(COC(=O)NCC)c(-c2ccc(OC)cc2)n2c1Cc1ccccc1-2. The molecule has 2 N–H and O–H groups in total. The van der Waals surface area contributed by atoms with Crippen LogP contribution in [0.4, 0.5) is 9.59 Å². The number of carbonyl (C=O) groups is 2. The minimum absolute atomic E-state index is 0.0451. The van der Waals surface area contributed by atoms with Crippen LogP contribution < -0.4 is 15.4 Å². The second-order valence-electron chi connectivity index (χ2n) is 7.83. The van der Waals surface area contributed by atoms with Gasteiger partial charge in [0.25, 0.3) is 0 Å². The van der Waals surface area contributed by atoms with E-state index >= 15 is 0 Å². The molecule has 0 spiro atoms. The number of methoxy groups -OCH3 is 1. The van der Waals surface area contributed by atoms with Gasteiger partial charge in [-0.3, -0.25) is 0 Å². The van der Waals surface area contributed by atoms with E-state index in [4.69, 9.17) is 14.2 Å². The third-order valence-electron chi connectivity index (χ3n) is 5.78. The molecule has 8 heteroatoms. The molecule has 2 aromatic carbocycles. The number of benzene rings is 2. The van der Waals surface area contributed by atoms with Crippen LogP contribution in [0.3, 0.4) is 0 Å². The van der Waals surface area contributed by atoms with E-state index in [0.717, 1.165) is 39.5 Å². The van der Waals surface area contributed by atoms with Crippen LogP contribution in [0.1, 0.15) is 36.2 Å². The minimum Gasteiger partial charge on any atom is -0.497 e. The van der Waals surface area contributed by atoms with Crippen molar-refractivity contribution in [2.75, 3.05) is 20.2 Å².